The normalized spacial score (nSPS) is 19.9. The SMILES string of the molecule is Nc1c(F)cccc1C(=O)NC1CCCOC1. The zero-order valence-corrected chi connectivity index (χ0v) is 9.41. The van der Waals surface area contributed by atoms with Gasteiger partial charge in [-0.3, -0.25) is 4.79 Å². The number of nitrogen functional groups attached to an aromatic ring is 1. The van der Waals surface area contributed by atoms with Crippen molar-refractivity contribution in [3.63, 3.8) is 0 Å². The van der Waals surface area contributed by atoms with Crippen molar-refractivity contribution in [1.82, 2.24) is 5.32 Å². The van der Waals surface area contributed by atoms with Gasteiger partial charge in [-0.25, -0.2) is 4.39 Å². The predicted octanol–water partition coefficient (Wildman–Crippen LogP) is 1.32. The number of hydrogen-bond acceptors (Lipinski definition) is 3. The number of benzene rings is 1. The highest BCUT2D eigenvalue weighted by atomic mass is 19.1. The summed E-state index contributed by atoms with van der Waals surface area (Å²) in [6, 6.07) is 4.20. The van der Waals surface area contributed by atoms with Crippen molar-refractivity contribution >= 4 is 11.6 Å². The highest BCUT2D eigenvalue weighted by Crippen LogP contribution is 2.16. The van der Waals surface area contributed by atoms with Crippen LogP contribution in [-0.2, 0) is 4.74 Å². The van der Waals surface area contributed by atoms with Gasteiger partial charge in [-0.05, 0) is 25.0 Å². The highest BCUT2D eigenvalue weighted by molar-refractivity contribution is 5.99. The molecule has 92 valence electrons. The Labute approximate surface area is 98.9 Å². The van der Waals surface area contributed by atoms with E-state index in [0.29, 0.717) is 6.61 Å². The Hall–Kier alpha value is -1.62. The van der Waals surface area contributed by atoms with Crippen LogP contribution in [0.4, 0.5) is 10.1 Å². The summed E-state index contributed by atoms with van der Waals surface area (Å²) in [6.07, 6.45) is 1.80. The van der Waals surface area contributed by atoms with E-state index in [1.165, 1.54) is 18.2 Å². The zero-order chi connectivity index (χ0) is 12.3. The number of halogens is 1. The van der Waals surface area contributed by atoms with E-state index in [2.05, 4.69) is 5.32 Å². The van der Waals surface area contributed by atoms with Crippen molar-refractivity contribution in [2.45, 2.75) is 18.9 Å². The third kappa shape index (κ3) is 2.74. The molecular weight excluding hydrogens is 223 g/mol. The van der Waals surface area contributed by atoms with E-state index in [1.54, 1.807) is 0 Å². The second-order valence-electron chi connectivity index (χ2n) is 4.09. The van der Waals surface area contributed by atoms with Gasteiger partial charge in [-0.2, -0.15) is 0 Å². The standard InChI is InChI=1S/C12H15FN2O2/c13-10-5-1-4-9(11(10)14)12(16)15-8-3-2-6-17-7-8/h1,4-5,8H,2-3,6-7,14H2,(H,15,16). The molecule has 0 aromatic heterocycles. The van der Waals surface area contributed by atoms with Gasteiger partial charge in [0, 0.05) is 6.61 Å². The highest BCUT2D eigenvalue weighted by Gasteiger charge is 2.19. The lowest BCUT2D eigenvalue weighted by Crippen LogP contribution is -2.40. The number of nitrogens with two attached hydrogens (primary N) is 1. The summed E-state index contributed by atoms with van der Waals surface area (Å²) in [6.45, 7) is 1.23. The van der Waals surface area contributed by atoms with Gasteiger partial charge >= 0.3 is 0 Å². The molecule has 3 N–H and O–H groups in total. The maximum Gasteiger partial charge on any atom is 0.253 e. The smallest absolute Gasteiger partial charge is 0.253 e. The molecule has 4 nitrogen and oxygen atoms in total. The van der Waals surface area contributed by atoms with Gasteiger partial charge in [-0.15, -0.1) is 0 Å². The van der Waals surface area contributed by atoms with E-state index in [0.717, 1.165) is 19.4 Å². The van der Waals surface area contributed by atoms with Crippen LogP contribution in [0, 0.1) is 5.82 Å². The van der Waals surface area contributed by atoms with E-state index in [4.69, 9.17) is 10.5 Å². The van der Waals surface area contributed by atoms with Crippen molar-refractivity contribution in [1.29, 1.82) is 0 Å². The Bertz CT molecular complexity index is 417. The van der Waals surface area contributed by atoms with Crippen LogP contribution in [0.3, 0.4) is 0 Å². The van der Waals surface area contributed by atoms with Crippen molar-refractivity contribution in [2.75, 3.05) is 18.9 Å². The van der Waals surface area contributed by atoms with Crippen LogP contribution in [0.15, 0.2) is 18.2 Å². The molecule has 1 saturated heterocycles. The first-order valence-electron chi connectivity index (χ1n) is 5.61. The number of hydrogen-bond donors (Lipinski definition) is 2. The molecule has 5 heteroatoms. The van der Waals surface area contributed by atoms with Gasteiger partial charge in [0.1, 0.15) is 5.82 Å². The fraction of sp³-hybridized carbons (Fsp3) is 0.417. The largest absolute Gasteiger partial charge is 0.396 e. The van der Waals surface area contributed by atoms with Crippen molar-refractivity contribution in [3.8, 4) is 0 Å². The van der Waals surface area contributed by atoms with E-state index >= 15 is 0 Å². The zero-order valence-electron chi connectivity index (χ0n) is 9.41. The summed E-state index contributed by atoms with van der Waals surface area (Å²) in [5.74, 6) is -0.921. The monoisotopic (exact) mass is 238 g/mol. The summed E-state index contributed by atoms with van der Waals surface area (Å²) in [4.78, 5) is 11.9. The van der Waals surface area contributed by atoms with Crippen LogP contribution >= 0.6 is 0 Å². The average Bonchev–Trinajstić information content (AvgIpc) is 2.34. The molecule has 1 aliphatic heterocycles. The third-order valence-corrected chi connectivity index (χ3v) is 2.79. The minimum absolute atomic E-state index is 0.0149. The molecule has 0 bridgehead atoms. The topological polar surface area (TPSA) is 64.4 Å². The van der Waals surface area contributed by atoms with E-state index in [1.807, 2.05) is 0 Å². The molecule has 1 aromatic rings. The van der Waals surface area contributed by atoms with Gasteiger partial charge in [0.25, 0.3) is 5.91 Å². The number of nitrogens with one attached hydrogen (secondary N) is 1. The van der Waals surface area contributed by atoms with Gasteiger partial charge in [0.05, 0.1) is 23.9 Å². The molecule has 1 aromatic carbocycles. The number of para-hydroxylation sites is 1. The van der Waals surface area contributed by atoms with Crippen LogP contribution in [0.5, 0.6) is 0 Å². The van der Waals surface area contributed by atoms with Crippen LogP contribution < -0.4 is 11.1 Å². The minimum Gasteiger partial charge on any atom is -0.396 e. The summed E-state index contributed by atoms with van der Waals surface area (Å²) in [7, 11) is 0. The summed E-state index contributed by atoms with van der Waals surface area (Å²) in [5.41, 5.74) is 5.59. The second kappa shape index (κ2) is 5.14. The first-order chi connectivity index (χ1) is 8.18. The molecule has 1 fully saturated rings. The molecule has 1 heterocycles. The number of ether oxygens (including phenoxy) is 1. The molecule has 1 aliphatic rings. The quantitative estimate of drug-likeness (QED) is 0.764. The van der Waals surface area contributed by atoms with E-state index < -0.39 is 5.82 Å². The molecule has 17 heavy (non-hydrogen) atoms. The number of rotatable bonds is 2. The lowest BCUT2D eigenvalue weighted by Gasteiger charge is -2.23. The summed E-state index contributed by atoms with van der Waals surface area (Å²) < 4.78 is 18.4. The molecule has 1 unspecified atom stereocenters. The van der Waals surface area contributed by atoms with Crippen LogP contribution in [0.1, 0.15) is 23.2 Å². The fourth-order valence-electron chi connectivity index (χ4n) is 1.85. The Morgan fingerprint density at radius 3 is 3.06 bits per heavy atom. The van der Waals surface area contributed by atoms with Crippen LogP contribution in [0.25, 0.3) is 0 Å². The van der Waals surface area contributed by atoms with Crippen molar-refractivity contribution in [3.05, 3.63) is 29.6 Å². The molecule has 0 spiro atoms. The maximum atomic E-state index is 13.2. The number of carbonyl (C=O) groups excluding carboxylic acids is 1. The Morgan fingerprint density at radius 1 is 1.53 bits per heavy atom. The Kier molecular flexibility index (Phi) is 3.58. The van der Waals surface area contributed by atoms with Gasteiger partial charge in [0.15, 0.2) is 0 Å². The molecule has 0 aliphatic carbocycles. The number of carbonyl (C=O) groups is 1. The number of anilines is 1. The number of amides is 1. The third-order valence-electron chi connectivity index (χ3n) is 2.79. The van der Waals surface area contributed by atoms with Crippen LogP contribution in [0.2, 0.25) is 0 Å². The Morgan fingerprint density at radius 2 is 2.35 bits per heavy atom. The molecule has 2 rings (SSSR count). The van der Waals surface area contributed by atoms with Gasteiger partial charge in [-0.1, -0.05) is 6.07 Å². The lowest BCUT2D eigenvalue weighted by atomic mass is 10.1. The van der Waals surface area contributed by atoms with E-state index in [-0.39, 0.29) is 23.2 Å². The molecule has 0 radical (unpaired) electrons. The molecule has 1 atom stereocenters. The molecular formula is C12H15FN2O2. The van der Waals surface area contributed by atoms with Gasteiger partial charge < -0.3 is 15.8 Å². The summed E-state index contributed by atoms with van der Waals surface area (Å²) in [5, 5.41) is 2.79. The summed E-state index contributed by atoms with van der Waals surface area (Å²) >= 11 is 0. The maximum absolute atomic E-state index is 13.2. The minimum atomic E-state index is -0.572. The van der Waals surface area contributed by atoms with Gasteiger partial charge in [0.2, 0.25) is 0 Å². The molecule has 0 saturated carbocycles. The molecule has 1 amide bonds. The average molecular weight is 238 g/mol. The first-order valence-corrected chi connectivity index (χ1v) is 5.61. The lowest BCUT2D eigenvalue weighted by molar-refractivity contribution is 0.0624. The van der Waals surface area contributed by atoms with Crippen LogP contribution in [-0.4, -0.2) is 25.2 Å². The van der Waals surface area contributed by atoms with E-state index in [9.17, 15) is 9.18 Å². The predicted molar refractivity (Wildman–Crippen MR) is 62.1 cm³/mol. The second-order valence-corrected chi connectivity index (χ2v) is 4.09. The fourth-order valence-corrected chi connectivity index (χ4v) is 1.85. The Balaban J connectivity index is 2.06. The first kappa shape index (κ1) is 11.9. The van der Waals surface area contributed by atoms with Crippen molar-refractivity contribution < 1.29 is 13.9 Å². The van der Waals surface area contributed by atoms with Crippen molar-refractivity contribution in [2.24, 2.45) is 0 Å².